The molecule has 2 N–H and O–H groups in total. The summed E-state index contributed by atoms with van der Waals surface area (Å²) >= 11 is 0. The van der Waals surface area contributed by atoms with E-state index in [0.29, 0.717) is 12.1 Å². The van der Waals surface area contributed by atoms with Gasteiger partial charge in [0.25, 0.3) is 0 Å². The van der Waals surface area contributed by atoms with Gasteiger partial charge in [0.1, 0.15) is 5.75 Å². The highest BCUT2D eigenvalue weighted by atomic mass is 32.2. The van der Waals surface area contributed by atoms with E-state index in [1.807, 2.05) is 35.3 Å². The zero-order valence-corrected chi connectivity index (χ0v) is 17.6. The first kappa shape index (κ1) is 20.6. The van der Waals surface area contributed by atoms with Gasteiger partial charge in [-0.15, -0.1) is 0 Å². The van der Waals surface area contributed by atoms with Crippen LogP contribution in [-0.4, -0.2) is 40.4 Å². The molecule has 0 radical (unpaired) electrons. The predicted octanol–water partition coefficient (Wildman–Crippen LogP) is 2.89. The van der Waals surface area contributed by atoms with E-state index < -0.39 is 10.0 Å². The summed E-state index contributed by atoms with van der Waals surface area (Å²) in [6.07, 6.45) is 4.93. The Morgan fingerprint density at radius 2 is 1.89 bits per heavy atom. The van der Waals surface area contributed by atoms with E-state index in [1.165, 1.54) is 16.1 Å². The van der Waals surface area contributed by atoms with Crippen LogP contribution in [0.3, 0.4) is 0 Å². The zero-order valence-electron chi connectivity index (χ0n) is 16.8. The minimum absolute atomic E-state index is 0.352. The van der Waals surface area contributed by atoms with E-state index in [2.05, 4.69) is 12.1 Å². The van der Waals surface area contributed by atoms with Crippen LogP contribution in [0.15, 0.2) is 48.5 Å². The molecule has 7 heteroatoms. The molecule has 1 heterocycles. The van der Waals surface area contributed by atoms with Crippen LogP contribution in [0.25, 0.3) is 0 Å². The average Bonchev–Trinajstić information content (AvgIpc) is 2.69. The Bertz CT molecular complexity index is 918. The van der Waals surface area contributed by atoms with Gasteiger partial charge in [-0.05, 0) is 55.0 Å². The van der Waals surface area contributed by atoms with E-state index in [4.69, 9.17) is 10.6 Å². The second-order valence-electron chi connectivity index (χ2n) is 7.45. The van der Waals surface area contributed by atoms with Crippen LogP contribution in [0.4, 0.5) is 5.69 Å². The van der Waals surface area contributed by atoms with E-state index >= 15 is 0 Å². The van der Waals surface area contributed by atoms with E-state index in [0.717, 1.165) is 37.1 Å². The van der Waals surface area contributed by atoms with E-state index in [1.54, 1.807) is 20.2 Å². The number of piperidine rings is 1. The normalized spacial score (nSPS) is 20.7. The molecule has 0 spiro atoms. The fourth-order valence-electron chi connectivity index (χ4n) is 4.01. The number of nitrogens with zero attached hydrogens (tertiary/aromatic N) is 2. The summed E-state index contributed by atoms with van der Waals surface area (Å²) < 4.78 is 30.9. The summed E-state index contributed by atoms with van der Waals surface area (Å²) in [6, 6.07) is 15.8. The monoisotopic (exact) mass is 403 g/mol. The summed E-state index contributed by atoms with van der Waals surface area (Å²) in [5.74, 6) is 7.27. The molecule has 3 rings (SSSR count). The maximum atomic E-state index is 12.0. The topological polar surface area (TPSA) is 75.9 Å². The van der Waals surface area contributed by atoms with Crippen molar-refractivity contribution in [3.8, 4) is 5.75 Å². The van der Waals surface area contributed by atoms with Crippen LogP contribution in [0.2, 0.25) is 0 Å². The smallest absolute Gasteiger partial charge is 0.231 e. The van der Waals surface area contributed by atoms with Gasteiger partial charge in [0, 0.05) is 13.6 Å². The number of hydrogen-bond donors (Lipinski definition) is 1. The fraction of sp³-hybridized carbons (Fsp3) is 0.429. The highest BCUT2D eigenvalue weighted by molar-refractivity contribution is 7.92. The minimum atomic E-state index is -3.35. The molecule has 1 aliphatic rings. The lowest BCUT2D eigenvalue weighted by atomic mass is 9.77. The molecule has 1 fully saturated rings. The summed E-state index contributed by atoms with van der Waals surface area (Å²) in [6.45, 7) is 0.820. The zero-order chi connectivity index (χ0) is 20.4. The van der Waals surface area contributed by atoms with Crippen LogP contribution in [-0.2, 0) is 22.0 Å². The van der Waals surface area contributed by atoms with Crippen molar-refractivity contribution in [2.75, 3.05) is 31.3 Å². The average molecular weight is 404 g/mol. The number of ether oxygens (including phenoxy) is 1. The summed E-state index contributed by atoms with van der Waals surface area (Å²) in [7, 11) is -0.153. The number of hydrogen-bond acceptors (Lipinski definition) is 5. The van der Waals surface area contributed by atoms with Crippen molar-refractivity contribution < 1.29 is 13.2 Å². The Morgan fingerprint density at radius 1 is 1.18 bits per heavy atom. The van der Waals surface area contributed by atoms with Crippen LogP contribution >= 0.6 is 0 Å². The molecule has 1 aliphatic heterocycles. The van der Waals surface area contributed by atoms with Gasteiger partial charge in [-0.25, -0.2) is 13.4 Å². The summed E-state index contributed by atoms with van der Waals surface area (Å²) in [5.41, 5.74) is 2.37. The molecule has 2 aromatic rings. The molecule has 0 saturated carbocycles. The van der Waals surface area contributed by atoms with Gasteiger partial charge in [-0.1, -0.05) is 30.3 Å². The van der Waals surface area contributed by atoms with Crippen molar-refractivity contribution in [2.24, 2.45) is 5.84 Å². The van der Waals surface area contributed by atoms with Crippen molar-refractivity contribution in [1.82, 2.24) is 5.01 Å². The number of benzene rings is 2. The summed E-state index contributed by atoms with van der Waals surface area (Å²) in [5, 5.41) is 1.94. The third kappa shape index (κ3) is 4.01. The Morgan fingerprint density at radius 3 is 2.50 bits per heavy atom. The second kappa shape index (κ2) is 8.11. The maximum absolute atomic E-state index is 12.0. The Hall–Kier alpha value is -2.09. The van der Waals surface area contributed by atoms with E-state index in [-0.39, 0.29) is 5.54 Å². The maximum Gasteiger partial charge on any atom is 0.231 e. The molecular formula is C21H29N3O3S. The van der Waals surface area contributed by atoms with Gasteiger partial charge in [-0.3, -0.25) is 10.1 Å². The van der Waals surface area contributed by atoms with Crippen LogP contribution in [0.5, 0.6) is 5.75 Å². The first-order chi connectivity index (χ1) is 13.3. The third-order valence-electron chi connectivity index (χ3n) is 5.71. The molecular weight excluding hydrogens is 374 g/mol. The first-order valence-corrected chi connectivity index (χ1v) is 11.3. The molecule has 2 aromatic carbocycles. The highest BCUT2D eigenvalue weighted by Gasteiger charge is 2.40. The van der Waals surface area contributed by atoms with Crippen LogP contribution < -0.4 is 14.9 Å². The van der Waals surface area contributed by atoms with Gasteiger partial charge in [0.2, 0.25) is 10.0 Å². The Labute approximate surface area is 167 Å². The lowest BCUT2D eigenvalue weighted by Crippen LogP contribution is -2.54. The predicted molar refractivity (Wildman–Crippen MR) is 113 cm³/mol. The third-order valence-corrected chi connectivity index (χ3v) is 6.91. The molecule has 0 aliphatic carbocycles. The van der Waals surface area contributed by atoms with Gasteiger partial charge in [-0.2, -0.15) is 0 Å². The Kier molecular flexibility index (Phi) is 5.98. The number of sulfonamides is 1. The number of hydrazine groups is 1. The lowest BCUT2D eigenvalue weighted by Gasteiger charge is -2.45. The minimum Gasteiger partial charge on any atom is -0.496 e. The van der Waals surface area contributed by atoms with Gasteiger partial charge < -0.3 is 4.74 Å². The van der Waals surface area contributed by atoms with Crippen molar-refractivity contribution in [3.05, 3.63) is 59.7 Å². The Balaban J connectivity index is 2.08. The first-order valence-electron chi connectivity index (χ1n) is 9.46. The van der Waals surface area contributed by atoms with Crippen LogP contribution in [0.1, 0.15) is 30.4 Å². The second-order valence-corrected chi connectivity index (χ2v) is 9.47. The van der Waals surface area contributed by atoms with Crippen molar-refractivity contribution in [1.29, 1.82) is 0 Å². The van der Waals surface area contributed by atoms with Crippen molar-refractivity contribution in [3.63, 3.8) is 0 Å². The van der Waals surface area contributed by atoms with Crippen LogP contribution in [0, 0.1) is 0 Å². The molecule has 1 atom stereocenters. The number of anilines is 1. The molecule has 0 amide bonds. The van der Waals surface area contributed by atoms with Gasteiger partial charge >= 0.3 is 0 Å². The standard InChI is InChI=1S/C21H29N3O3S/c1-23(28(3,25)26)19-11-12-20(27-2)17(15-19)16-21(13-7-8-14-24(21)22)18-9-5-4-6-10-18/h4-6,9-12,15H,7-8,13-14,16,22H2,1-3H3. The lowest BCUT2D eigenvalue weighted by molar-refractivity contribution is 0.0421. The highest BCUT2D eigenvalue weighted by Crippen LogP contribution is 2.41. The quantitative estimate of drug-likeness (QED) is 0.751. The van der Waals surface area contributed by atoms with Crippen molar-refractivity contribution in [2.45, 2.75) is 31.2 Å². The van der Waals surface area contributed by atoms with Crippen molar-refractivity contribution >= 4 is 15.7 Å². The molecule has 6 nitrogen and oxygen atoms in total. The van der Waals surface area contributed by atoms with E-state index in [9.17, 15) is 8.42 Å². The molecule has 152 valence electrons. The summed E-state index contributed by atoms with van der Waals surface area (Å²) in [4.78, 5) is 0. The molecule has 1 unspecified atom stereocenters. The molecule has 0 aromatic heterocycles. The number of methoxy groups -OCH3 is 1. The fourth-order valence-corrected chi connectivity index (χ4v) is 4.51. The van der Waals surface area contributed by atoms with Gasteiger partial charge in [0.05, 0.1) is 24.6 Å². The molecule has 1 saturated heterocycles. The largest absolute Gasteiger partial charge is 0.496 e. The SMILES string of the molecule is COc1ccc(N(C)S(C)(=O)=O)cc1CC1(c2ccccc2)CCCCN1N. The van der Waals surface area contributed by atoms with Gasteiger partial charge in [0.15, 0.2) is 0 Å². The number of nitrogens with two attached hydrogens (primary N) is 1. The molecule has 0 bridgehead atoms. The molecule has 28 heavy (non-hydrogen) atoms. The number of rotatable bonds is 6.